The third kappa shape index (κ3) is 5.41. The maximum atomic E-state index is 15.7. The summed E-state index contributed by atoms with van der Waals surface area (Å²) in [6.07, 6.45) is 2.31. The smallest absolute Gasteiger partial charge is 0.310 e. The Labute approximate surface area is 171 Å². The first-order valence-corrected chi connectivity index (χ1v) is 9.95. The van der Waals surface area contributed by atoms with Gasteiger partial charge in [-0.05, 0) is 63.7 Å². The maximum Gasteiger partial charge on any atom is 0.310 e. The van der Waals surface area contributed by atoms with E-state index < -0.39 is 11.3 Å². The molecule has 1 fully saturated rings. The molecular formula is C24H27FN2O2. The highest BCUT2D eigenvalue weighted by Gasteiger charge is 2.45. The summed E-state index contributed by atoms with van der Waals surface area (Å²) in [5.41, 5.74) is 0.00488. The fourth-order valence-electron chi connectivity index (χ4n) is 3.69. The second-order valence-electron chi connectivity index (χ2n) is 8.68. The molecule has 2 aromatic rings. The van der Waals surface area contributed by atoms with Crippen molar-refractivity contribution in [2.24, 2.45) is 5.92 Å². The highest BCUT2D eigenvalue weighted by molar-refractivity contribution is 5.74. The van der Waals surface area contributed by atoms with Gasteiger partial charge < -0.3 is 4.74 Å². The van der Waals surface area contributed by atoms with Crippen molar-refractivity contribution in [1.29, 1.82) is 0 Å². The van der Waals surface area contributed by atoms with Gasteiger partial charge in [0.05, 0.1) is 5.92 Å². The van der Waals surface area contributed by atoms with Crippen LogP contribution in [0.5, 0.6) is 0 Å². The van der Waals surface area contributed by atoms with Crippen molar-refractivity contribution in [2.45, 2.75) is 64.1 Å². The summed E-state index contributed by atoms with van der Waals surface area (Å²) in [4.78, 5) is 12.8. The number of hydrogen-bond donors (Lipinski definition) is 0. The van der Waals surface area contributed by atoms with Crippen molar-refractivity contribution in [3.05, 3.63) is 59.4 Å². The quantitative estimate of drug-likeness (QED) is 0.544. The zero-order chi connectivity index (χ0) is 21.1. The van der Waals surface area contributed by atoms with Gasteiger partial charge in [0.1, 0.15) is 11.3 Å². The van der Waals surface area contributed by atoms with E-state index in [1.165, 1.54) is 0 Å². The zero-order valence-electron chi connectivity index (χ0n) is 17.4. The van der Waals surface area contributed by atoms with Gasteiger partial charge in [-0.15, -0.1) is 5.10 Å². The summed E-state index contributed by atoms with van der Waals surface area (Å²) in [7, 11) is 0. The molecule has 0 radical (unpaired) electrons. The molecule has 1 heterocycles. The van der Waals surface area contributed by atoms with Crippen molar-refractivity contribution in [2.75, 3.05) is 0 Å². The van der Waals surface area contributed by atoms with Crippen LogP contribution in [0.1, 0.15) is 62.8 Å². The van der Waals surface area contributed by atoms with Gasteiger partial charge in [0, 0.05) is 18.5 Å². The van der Waals surface area contributed by atoms with Crippen LogP contribution in [0.4, 0.5) is 4.39 Å². The first-order chi connectivity index (χ1) is 13.7. The zero-order valence-corrected chi connectivity index (χ0v) is 17.4. The van der Waals surface area contributed by atoms with Gasteiger partial charge in [0.2, 0.25) is 0 Å². The number of alkyl halides is 1. The average molecular weight is 394 g/mol. The van der Waals surface area contributed by atoms with E-state index in [9.17, 15) is 4.79 Å². The number of halogens is 1. The van der Waals surface area contributed by atoms with Gasteiger partial charge in [-0.1, -0.05) is 36.3 Å². The first-order valence-electron chi connectivity index (χ1n) is 9.95. The fraction of sp³-hybridized carbons (Fsp3) is 0.458. The Morgan fingerprint density at radius 3 is 2.62 bits per heavy atom. The highest BCUT2D eigenvalue weighted by Crippen LogP contribution is 2.45. The molecular weight excluding hydrogens is 367 g/mol. The highest BCUT2D eigenvalue weighted by atomic mass is 19.1. The number of carbonyl (C=O) groups excluding carboxylic acids is 1. The number of esters is 1. The Kier molecular flexibility index (Phi) is 6.02. The summed E-state index contributed by atoms with van der Waals surface area (Å²) in [6.45, 7) is 7.41. The molecule has 5 heteroatoms. The van der Waals surface area contributed by atoms with E-state index in [2.05, 4.69) is 22.0 Å². The second kappa shape index (κ2) is 8.32. The molecule has 29 heavy (non-hydrogen) atoms. The number of aromatic nitrogens is 2. The lowest BCUT2D eigenvalue weighted by atomic mass is 9.70. The molecule has 3 atom stereocenters. The third-order valence-electron chi connectivity index (χ3n) is 5.15. The molecule has 1 saturated carbocycles. The molecule has 1 aromatic carbocycles. The van der Waals surface area contributed by atoms with Crippen LogP contribution in [0.15, 0.2) is 42.6 Å². The number of ether oxygens (including phenoxy) is 1. The topological polar surface area (TPSA) is 52.1 Å². The summed E-state index contributed by atoms with van der Waals surface area (Å²) in [6, 6.07) is 11.4. The molecule has 0 amide bonds. The largest absolute Gasteiger partial charge is 0.460 e. The monoisotopic (exact) mass is 394 g/mol. The van der Waals surface area contributed by atoms with E-state index >= 15 is 4.39 Å². The number of rotatable bonds is 2. The molecule has 1 aliphatic carbocycles. The van der Waals surface area contributed by atoms with E-state index in [4.69, 9.17) is 4.74 Å². The van der Waals surface area contributed by atoms with Crippen LogP contribution in [0.2, 0.25) is 0 Å². The number of carbonyl (C=O) groups is 1. The Morgan fingerprint density at radius 2 is 1.97 bits per heavy atom. The SMILES string of the molecule is Cc1ccnnc1C#CC1(F)CC[C@@H](C(=O)OC(C)(C)C)[C@H](c2ccccc2)C1. The van der Waals surface area contributed by atoms with Crippen molar-refractivity contribution >= 4 is 5.97 Å². The first kappa shape index (κ1) is 21.0. The number of hydrogen-bond acceptors (Lipinski definition) is 4. The van der Waals surface area contributed by atoms with Crippen LogP contribution in [-0.2, 0) is 9.53 Å². The van der Waals surface area contributed by atoms with Crippen LogP contribution < -0.4 is 0 Å². The van der Waals surface area contributed by atoms with Crippen LogP contribution in [0.25, 0.3) is 0 Å². The van der Waals surface area contributed by atoms with E-state index in [1.807, 2.05) is 58.0 Å². The minimum Gasteiger partial charge on any atom is -0.460 e. The molecule has 1 aromatic heterocycles. The average Bonchev–Trinajstić information content (AvgIpc) is 2.66. The van der Waals surface area contributed by atoms with Gasteiger partial charge in [-0.2, -0.15) is 5.10 Å². The normalized spacial score (nSPS) is 24.3. The van der Waals surface area contributed by atoms with Gasteiger partial charge >= 0.3 is 5.97 Å². The lowest BCUT2D eigenvalue weighted by Crippen LogP contribution is -2.39. The third-order valence-corrected chi connectivity index (χ3v) is 5.15. The molecule has 0 aliphatic heterocycles. The molecule has 0 spiro atoms. The van der Waals surface area contributed by atoms with Crippen LogP contribution >= 0.6 is 0 Å². The minimum absolute atomic E-state index is 0.146. The maximum absolute atomic E-state index is 15.7. The predicted molar refractivity (Wildman–Crippen MR) is 110 cm³/mol. The van der Waals surface area contributed by atoms with Crippen molar-refractivity contribution in [3.8, 4) is 11.8 Å². The molecule has 1 aliphatic rings. The Bertz CT molecular complexity index is 927. The number of aryl methyl sites for hydroxylation is 1. The molecule has 4 nitrogen and oxygen atoms in total. The molecule has 0 saturated heterocycles. The summed E-state index contributed by atoms with van der Waals surface area (Å²) >= 11 is 0. The van der Waals surface area contributed by atoms with Gasteiger partial charge in [-0.25, -0.2) is 4.39 Å². The number of nitrogens with zero attached hydrogens (tertiary/aromatic N) is 2. The Morgan fingerprint density at radius 1 is 1.24 bits per heavy atom. The standard InChI is InChI=1S/C24H27FN2O2/c1-17-12-15-26-27-21(17)11-14-24(25)13-10-19(22(28)29-23(2,3)4)20(16-24)18-8-6-5-7-9-18/h5-9,12,15,19-20H,10,13,16H2,1-4H3/t19-,20+,24?/m1/s1. The molecule has 0 N–H and O–H groups in total. The summed E-state index contributed by atoms with van der Waals surface area (Å²) in [5.74, 6) is 4.70. The van der Waals surface area contributed by atoms with Crippen molar-refractivity contribution in [3.63, 3.8) is 0 Å². The number of benzene rings is 1. The summed E-state index contributed by atoms with van der Waals surface area (Å²) < 4.78 is 21.4. The van der Waals surface area contributed by atoms with E-state index in [-0.39, 0.29) is 30.6 Å². The fourth-order valence-corrected chi connectivity index (χ4v) is 3.69. The van der Waals surface area contributed by atoms with Crippen molar-refractivity contribution in [1.82, 2.24) is 10.2 Å². The minimum atomic E-state index is -1.69. The van der Waals surface area contributed by atoms with Gasteiger partial charge in [0.15, 0.2) is 5.67 Å². The predicted octanol–water partition coefficient (Wildman–Crippen LogP) is 4.77. The second-order valence-corrected chi connectivity index (χ2v) is 8.68. The molecule has 0 bridgehead atoms. The van der Waals surface area contributed by atoms with E-state index in [0.717, 1.165) is 11.1 Å². The summed E-state index contributed by atoms with van der Waals surface area (Å²) in [5, 5.41) is 7.82. The van der Waals surface area contributed by atoms with E-state index in [1.54, 1.807) is 12.3 Å². The van der Waals surface area contributed by atoms with Gasteiger partial charge in [-0.3, -0.25) is 4.79 Å². The molecule has 3 rings (SSSR count). The molecule has 152 valence electrons. The lowest BCUT2D eigenvalue weighted by Gasteiger charge is -2.37. The Balaban J connectivity index is 1.89. The van der Waals surface area contributed by atoms with Crippen LogP contribution in [-0.4, -0.2) is 27.4 Å². The van der Waals surface area contributed by atoms with E-state index in [0.29, 0.717) is 12.1 Å². The molecule has 1 unspecified atom stereocenters. The van der Waals surface area contributed by atoms with Crippen molar-refractivity contribution < 1.29 is 13.9 Å². The Hall–Kier alpha value is -2.74. The lowest BCUT2D eigenvalue weighted by molar-refractivity contribution is -0.162. The van der Waals surface area contributed by atoms with Crippen LogP contribution in [0, 0.1) is 24.7 Å². The van der Waals surface area contributed by atoms with Crippen LogP contribution in [0.3, 0.4) is 0 Å². The van der Waals surface area contributed by atoms with Gasteiger partial charge in [0.25, 0.3) is 0 Å².